The van der Waals surface area contributed by atoms with E-state index in [-0.39, 0.29) is 5.76 Å². The maximum atomic E-state index is 12.8. The fourth-order valence-electron chi connectivity index (χ4n) is 1.76. The van der Waals surface area contributed by atoms with Gasteiger partial charge in [-0.05, 0) is 18.2 Å². The molecular formula is C13H9F3O4. The van der Waals surface area contributed by atoms with Crippen molar-refractivity contribution >= 4 is 5.97 Å². The van der Waals surface area contributed by atoms with Gasteiger partial charge in [0.05, 0.1) is 5.56 Å². The molecule has 4 nitrogen and oxygen atoms in total. The molecule has 0 fully saturated rings. The van der Waals surface area contributed by atoms with Crippen molar-refractivity contribution in [3.05, 3.63) is 59.0 Å². The number of aliphatic hydroxyl groups excluding tert-OH is 1. The number of aliphatic hydroxyl groups is 1. The van der Waals surface area contributed by atoms with Crippen molar-refractivity contribution in [2.24, 2.45) is 0 Å². The molecule has 0 aliphatic heterocycles. The molecule has 1 heterocycles. The summed E-state index contributed by atoms with van der Waals surface area (Å²) in [5.74, 6) is -2.09. The van der Waals surface area contributed by atoms with Crippen LogP contribution in [0.4, 0.5) is 13.2 Å². The summed E-state index contributed by atoms with van der Waals surface area (Å²) in [6.07, 6.45) is -6.32. The molecule has 0 aliphatic rings. The highest BCUT2D eigenvalue weighted by Crippen LogP contribution is 2.36. The predicted octanol–water partition coefficient (Wildman–Crippen LogP) is 3.08. The standard InChI is InChI=1S/C13H9F3O4/c14-13(15,16)8-4-2-1-3-7(8)11(17)9-5-6-10(20-9)12(18)19/h1-6,11,17H,(H,18,19). The van der Waals surface area contributed by atoms with Crippen LogP contribution < -0.4 is 0 Å². The van der Waals surface area contributed by atoms with Crippen molar-refractivity contribution in [3.63, 3.8) is 0 Å². The van der Waals surface area contributed by atoms with Gasteiger partial charge in [0.2, 0.25) is 5.76 Å². The highest BCUT2D eigenvalue weighted by Gasteiger charge is 2.35. The van der Waals surface area contributed by atoms with Crippen molar-refractivity contribution in [2.45, 2.75) is 12.3 Å². The molecule has 2 N–H and O–H groups in total. The Morgan fingerprint density at radius 2 is 1.80 bits per heavy atom. The van der Waals surface area contributed by atoms with Crippen LogP contribution in [0.1, 0.15) is 33.5 Å². The largest absolute Gasteiger partial charge is 0.475 e. The van der Waals surface area contributed by atoms with Crippen LogP contribution in [0.2, 0.25) is 0 Å². The summed E-state index contributed by atoms with van der Waals surface area (Å²) in [6.45, 7) is 0. The van der Waals surface area contributed by atoms with Crippen LogP contribution in [0.3, 0.4) is 0 Å². The molecule has 0 amide bonds. The SMILES string of the molecule is O=C(O)c1ccc(C(O)c2ccccc2C(F)(F)F)o1. The Bertz CT molecular complexity index is 631. The minimum Gasteiger partial charge on any atom is -0.475 e. The average molecular weight is 286 g/mol. The van der Waals surface area contributed by atoms with Crippen LogP contribution in [-0.4, -0.2) is 16.2 Å². The monoisotopic (exact) mass is 286 g/mol. The second kappa shape index (κ2) is 5.01. The van der Waals surface area contributed by atoms with Gasteiger partial charge in [0.25, 0.3) is 0 Å². The quantitative estimate of drug-likeness (QED) is 0.909. The van der Waals surface area contributed by atoms with Gasteiger partial charge in [-0.1, -0.05) is 18.2 Å². The van der Waals surface area contributed by atoms with Crippen molar-refractivity contribution < 1.29 is 32.6 Å². The third kappa shape index (κ3) is 2.67. The molecule has 1 unspecified atom stereocenters. The minimum atomic E-state index is -4.63. The van der Waals surface area contributed by atoms with Crippen molar-refractivity contribution in [1.29, 1.82) is 0 Å². The predicted molar refractivity (Wildman–Crippen MR) is 61.2 cm³/mol. The Morgan fingerprint density at radius 3 is 2.35 bits per heavy atom. The topological polar surface area (TPSA) is 70.7 Å². The van der Waals surface area contributed by atoms with E-state index in [1.807, 2.05) is 0 Å². The molecule has 0 saturated carbocycles. The zero-order chi connectivity index (χ0) is 14.9. The van der Waals surface area contributed by atoms with Crippen molar-refractivity contribution in [2.75, 3.05) is 0 Å². The Balaban J connectivity index is 2.43. The average Bonchev–Trinajstić information content (AvgIpc) is 2.86. The van der Waals surface area contributed by atoms with Crippen LogP contribution in [0.15, 0.2) is 40.8 Å². The van der Waals surface area contributed by atoms with Gasteiger partial charge >= 0.3 is 12.1 Å². The van der Waals surface area contributed by atoms with E-state index >= 15 is 0 Å². The number of alkyl halides is 3. The third-order valence-electron chi connectivity index (χ3n) is 2.67. The molecule has 106 valence electrons. The van der Waals surface area contributed by atoms with E-state index < -0.39 is 35.1 Å². The van der Waals surface area contributed by atoms with Crippen LogP contribution in [0, 0.1) is 0 Å². The van der Waals surface area contributed by atoms with E-state index in [2.05, 4.69) is 0 Å². The number of hydrogen-bond donors (Lipinski definition) is 2. The Hall–Kier alpha value is -2.28. The van der Waals surface area contributed by atoms with Gasteiger partial charge in [-0.2, -0.15) is 13.2 Å². The summed E-state index contributed by atoms with van der Waals surface area (Å²) < 4.78 is 43.3. The summed E-state index contributed by atoms with van der Waals surface area (Å²) in [4.78, 5) is 10.6. The molecule has 20 heavy (non-hydrogen) atoms. The lowest BCUT2D eigenvalue weighted by Crippen LogP contribution is -2.12. The molecule has 1 atom stereocenters. The number of carboxylic acids is 1. The highest BCUT2D eigenvalue weighted by atomic mass is 19.4. The van der Waals surface area contributed by atoms with Gasteiger partial charge < -0.3 is 14.6 Å². The Morgan fingerprint density at radius 1 is 1.15 bits per heavy atom. The number of halogens is 3. The number of aromatic carboxylic acids is 1. The fraction of sp³-hybridized carbons (Fsp3) is 0.154. The summed E-state index contributed by atoms with van der Waals surface area (Å²) in [6, 6.07) is 6.67. The lowest BCUT2D eigenvalue weighted by molar-refractivity contribution is -0.139. The van der Waals surface area contributed by atoms with Gasteiger partial charge in [-0.3, -0.25) is 0 Å². The maximum Gasteiger partial charge on any atom is 0.416 e. The second-order valence-corrected chi connectivity index (χ2v) is 3.99. The van der Waals surface area contributed by atoms with Gasteiger partial charge in [0.1, 0.15) is 11.9 Å². The van der Waals surface area contributed by atoms with E-state index in [1.54, 1.807) is 0 Å². The van der Waals surface area contributed by atoms with Crippen LogP contribution in [0.25, 0.3) is 0 Å². The first-order chi connectivity index (χ1) is 9.30. The molecule has 0 saturated heterocycles. The van der Waals surface area contributed by atoms with E-state index in [9.17, 15) is 23.1 Å². The summed E-state index contributed by atoms with van der Waals surface area (Å²) in [5, 5.41) is 18.6. The van der Waals surface area contributed by atoms with E-state index in [4.69, 9.17) is 9.52 Å². The molecule has 0 spiro atoms. The number of hydrogen-bond acceptors (Lipinski definition) is 3. The Labute approximate surface area is 111 Å². The lowest BCUT2D eigenvalue weighted by atomic mass is 10.0. The third-order valence-corrected chi connectivity index (χ3v) is 2.67. The second-order valence-electron chi connectivity index (χ2n) is 3.99. The number of carboxylic acid groups (broad SMARTS) is 1. The highest BCUT2D eigenvalue weighted by molar-refractivity contribution is 5.84. The summed E-state index contributed by atoms with van der Waals surface area (Å²) >= 11 is 0. The minimum absolute atomic E-state index is 0.265. The zero-order valence-corrected chi connectivity index (χ0v) is 9.89. The molecule has 0 aliphatic carbocycles. The number of carbonyl (C=O) groups is 1. The van der Waals surface area contributed by atoms with Gasteiger partial charge in [-0.25, -0.2) is 4.79 Å². The van der Waals surface area contributed by atoms with E-state index in [0.717, 1.165) is 24.3 Å². The smallest absolute Gasteiger partial charge is 0.416 e. The molecule has 2 aromatic rings. The normalized spacial score (nSPS) is 13.2. The lowest BCUT2D eigenvalue weighted by Gasteiger charge is -2.15. The molecule has 2 rings (SSSR count). The van der Waals surface area contributed by atoms with Crippen molar-refractivity contribution in [3.8, 4) is 0 Å². The van der Waals surface area contributed by atoms with Crippen molar-refractivity contribution in [1.82, 2.24) is 0 Å². The number of benzene rings is 1. The fourth-order valence-corrected chi connectivity index (χ4v) is 1.76. The molecular weight excluding hydrogens is 277 g/mol. The molecule has 0 bridgehead atoms. The zero-order valence-electron chi connectivity index (χ0n) is 9.89. The van der Waals surface area contributed by atoms with E-state index in [1.165, 1.54) is 12.1 Å². The van der Waals surface area contributed by atoms with Crippen LogP contribution in [0.5, 0.6) is 0 Å². The van der Waals surface area contributed by atoms with Crippen LogP contribution >= 0.6 is 0 Å². The van der Waals surface area contributed by atoms with Gasteiger partial charge in [0, 0.05) is 5.56 Å². The maximum absolute atomic E-state index is 12.8. The summed E-state index contributed by atoms with van der Waals surface area (Å²) in [5.41, 5.74) is -1.40. The first kappa shape index (κ1) is 14.1. The van der Waals surface area contributed by atoms with E-state index in [0.29, 0.717) is 0 Å². The van der Waals surface area contributed by atoms with Crippen LogP contribution in [-0.2, 0) is 6.18 Å². The van der Waals surface area contributed by atoms with Gasteiger partial charge in [-0.15, -0.1) is 0 Å². The number of rotatable bonds is 3. The molecule has 1 aromatic carbocycles. The first-order valence-electron chi connectivity index (χ1n) is 5.48. The number of furan rings is 1. The molecule has 0 radical (unpaired) electrons. The molecule has 7 heteroatoms. The molecule has 1 aromatic heterocycles. The van der Waals surface area contributed by atoms with Gasteiger partial charge in [0.15, 0.2) is 0 Å². The Kier molecular flexibility index (Phi) is 3.54. The first-order valence-corrected chi connectivity index (χ1v) is 5.48. The summed E-state index contributed by atoms with van der Waals surface area (Å²) in [7, 11) is 0.